The van der Waals surface area contributed by atoms with Gasteiger partial charge in [0.2, 0.25) is 0 Å². The molecule has 0 aromatic carbocycles. The van der Waals surface area contributed by atoms with E-state index in [1.165, 1.54) is 51.4 Å². The largest absolute Gasteiger partial charge is 0.330 e. The molecule has 0 unspecified atom stereocenters. The van der Waals surface area contributed by atoms with Crippen LogP contribution in [0.3, 0.4) is 0 Å². The maximum atomic E-state index is 10.0. The zero-order chi connectivity index (χ0) is 14.7. The first-order valence-corrected chi connectivity index (χ1v) is 8.27. The van der Waals surface area contributed by atoms with Gasteiger partial charge < -0.3 is 5.73 Å². The van der Waals surface area contributed by atoms with Crippen molar-refractivity contribution in [1.29, 1.82) is 0 Å². The Bertz CT molecular complexity index is 246. The average Bonchev–Trinajstić information content (AvgIpc) is 2.47. The Balaban J connectivity index is 3.15. The summed E-state index contributed by atoms with van der Waals surface area (Å²) >= 11 is 0. The minimum absolute atomic E-state index is 0.610. The van der Waals surface area contributed by atoms with Crippen LogP contribution in [0.5, 0.6) is 0 Å². The molecule has 2 heteroatoms. The first-order chi connectivity index (χ1) is 9.91. The van der Waals surface area contributed by atoms with Crippen LogP contribution in [0.25, 0.3) is 0 Å². The molecule has 0 amide bonds. The normalized spacial score (nSPS) is 11.7. The number of hydrogen-bond acceptors (Lipinski definition) is 2. The van der Waals surface area contributed by atoms with Crippen molar-refractivity contribution >= 4 is 6.29 Å². The number of nitrogens with two attached hydrogens (primary N) is 1. The highest BCUT2D eigenvalue weighted by Gasteiger charge is 1.89. The molecule has 2 nitrogen and oxygen atoms in total. The molecular weight excluding hydrogens is 246 g/mol. The van der Waals surface area contributed by atoms with Gasteiger partial charge in [0.25, 0.3) is 0 Å². The molecule has 1 radical (unpaired) electrons. The maximum absolute atomic E-state index is 10.0. The lowest BCUT2D eigenvalue weighted by Crippen LogP contribution is -1.97. The third kappa shape index (κ3) is 17.1. The van der Waals surface area contributed by atoms with Crippen molar-refractivity contribution in [2.75, 3.05) is 6.54 Å². The molecule has 0 bridgehead atoms. The van der Waals surface area contributed by atoms with Crippen LogP contribution < -0.4 is 5.73 Å². The Morgan fingerprint density at radius 1 is 0.700 bits per heavy atom. The van der Waals surface area contributed by atoms with Crippen molar-refractivity contribution in [1.82, 2.24) is 0 Å². The summed E-state index contributed by atoms with van der Waals surface area (Å²) < 4.78 is 0. The number of allylic oxidation sites excluding steroid dienone is 4. The Morgan fingerprint density at radius 2 is 1.25 bits per heavy atom. The zero-order valence-corrected chi connectivity index (χ0v) is 13.0. The second-order valence-corrected chi connectivity index (χ2v) is 5.27. The quantitative estimate of drug-likeness (QED) is 0.344. The smallest absolute Gasteiger partial charge is 0.198 e. The van der Waals surface area contributed by atoms with Gasteiger partial charge in [0.1, 0.15) is 0 Å². The molecule has 0 aliphatic carbocycles. The summed E-state index contributed by atoms with van der Waals surface area (Å²) in [6, 6.07) is 0. The molecule has 0 aliphatic heterocycles. The fourth-order valence-corrected chi connectivity index (χ4v) is 2.08. The fraction of sp³-hybridized carbons (Fsp3) is 0.722. The number of carbonyl (C=O) groups excluding carboxylic acids is 1. The van der Waals surface area contributed by atoms with Crippen LogP contribution in [0.4, 0.5) is 0 Å². The topological polar surface area (TPSA) is 43.1 Å². The van der Waals surface area contributed by atoms with E-state index in [4.69, 9.17) is 5.73 Å². The summed E-state index contributed by atoms with van der Waals surface area (Å²) in [5.74, 6) is 0. The molecule has 0 spiro atoms. The van der Waals surface area contributed by atoms with Crippen LogP contribution in [0.15, 0.2) is 24.3 Å². The lowest BCUT2D eigenvalue weighted by atomic mass is 10.1. The van der Waals surface area contributed by atoms with E-state index in [0.29, 0.717) is 6.42 Å². The highest BCUT2D eigenvalue weighted by Crippen LogP contribution is 2.07. The lowest BCUT2D eigenvalue weighted by molar-refractivity contribution is 0.542. The molecule has 0 saturated heterocycles. The van der Waals surface area contributed by atoms with E-state index in [1.54, 1.807) is 0 Å². The third-order valence-electron chi connectivity index (χ3n) is 3.33. The fourth-order valence-electron chi connectivity index (χ4n) is 2.08. The van der Waals surface area contributed by atoms with Crippen molar-refractivity contribution in [2.24, 2.45) is 5.73 Å². The van der Waals surface area contributed by atoms with Gasteiger partial charge in [-0.2, -0.15) is 0 Å². The van der Waals surface area contributed by atoms with E-state index >= 15 is 0 Å². The van der Waals surface area contributed by atoms with Crippen molar-refractivity contribution < 1.29 is 4.79 Å². The summed E-state index contributed by atoms with van der Waals surface area (Å²) in [5.41, 5.74) is 5.45. The lowest BCUT2D eigenvalue weighted by Gasteiger charge is -1.97. The monoisotopic (exact) mass is 278 g/mol. The molecule has 0 atom stereocenters. The molecule has 0 aromatic rings. The van der Waals surface area contributed by atoms with Crippen LogP contribution in [-0.2, 0) is 4.79 Å². The Kier molecular flexibility index (Phi) is 17.3. The third-order valence-corrected chi connectivity index (χ3v) is 3.33. The molecule has 0 saturated carbocycles. The van der Waals surface area contributed by atoms with E-state index < -0.39 is 0 Å². The van der Waals surface area contributed by atoms with Crippen LogP contribution >= 0.6 is 0 Å². The molecule has 0 rings (SSSR count). The first kappa shape index (κ1) is 19.1. The second kappa shape index (κ2) is 18.1. The Morgan fingerprint density at radius 3 is 1.85 bits per heavy atom. The molecule has 0 aromatic heterocycles. The van der Waals surface area contributed by atoms with Gasteiger partial charge in [-0.3, -0.25) is 4.79 Å². The molecule has 115 valence electrons. The van der Waals surface area contributed by atoms with Gasteiger partial charge in [-0.05, 0) is 51.5 Å². The summed E-state index contributed by atoms with van der Waals surface area (Å²) in [4.78, 5) is 10.0. The van der Waals surface area contributed by atoms with Gasteiger partial charge in [0.05, 0.1) is 0 Å². The van der Waals surface area contributed by atoms with Gasteiger partial charge >= 0.3 is 0 Å². The number of rotatable bonds is 15. The van der Waals surface area contributed by atoms with Crippen LogP contribution in [0.2, 0.25) is 0 Å². The Hall–Kier alpha value is -0.890. The highest BCUT2D eigenvalue weighted by atomic mass is 16.1. The predicted octanol–water partition coefficient (Wildman–Crippen LogP) is 4.85. The molecule has 20 heavy (non-hydrogen) atoms. The maximum Gasteiger partial charge on any atom is 0.198 e. The number of unbranched alkanes of at least 4 members (excludes halogenated alkanes) is 9. The average molecular weight is 278 g/mol. The van der Waals surface area contributed by atoms with E-state index in [1.807, 2.05) is 6.29 Å². The van der Waals surface area contributed by atoms with Crippen molar-refractivity contribution in [3.05, 3.63) is 24.3 Å². The number of hydrogen-bond donors (Lipinski definition) is 1. The summed E-state index contributed by atoms with van der Waals surface area (Å²) in [7, 11) is 0. The van der Waals surface area contributed by atoms with Gasteiger partial charge in [-0.15, -0.1) is 0 Å². The minimum Gasteiger partial charge on any atom is -0.330 e. The van der Waals surface area contributed by atoms with E-state index in [9.17, 15) is 4.79 Å². The zero-order valence-electron chi connectivity index (χ0n) is 13.0. The SMILES string of the molecule is NCCCCC/C=C\C/C=C\CCCCCCC[C]=O. The van der Waals surface area contributed by atoms with Gasteiger partial charge in [-0.1, -0.05) is 50.0 Å². The van der Waals surface area contributed by atoms with Crippen LogP contribution in [0, 0.1) is 0 Å². The highest BCUT2D eigenvalue weighted by molar-refractivity contribution is 5.50. The Labute approximate surface area is 125 Å². The minimum atomic E-state index is 0.610. The van der Waals surface area contributed by atoms with Crippen molar-refractivity contribution in [2.45, 2.75) is 77.0 Å². The molecule has 0 fully saturated rings. The molecular formula is C18H32NO. The molecule has 2 N–H and O–H groups in total. The summed E-state index contributed by atoms with van der Waals surface area (Å²) in [6.45, 7) is 0.821. The second-order valence-electron chi connectivity index (χ2n) is 5.27. The van der Waals surface area contributed by atoms with Gasteiger partial charge in [0.15, 0.2) is 6.29 Å². The van der Waals surface area contributed by atoms with E-state index in [0.717, 1.165) is 25.8 Å². The van der Waals surface area contributed by atoms with Gasteiger partial charge in [0, 0.05) is 6.42 Å². The van der Waals surface area contributed by atoms with Crippen molar-refractivity contribution in [3.8, 4) is 0 Å². The summed E-state index contributed by atoms with van der Waals surface area (Å²) in [6.07, 6.45) is 24.7. The molecule has 0 aliphatic rings. The van der Waals surface area contributed by atoms with Crippen LogP contribution in [0.1, 0.15) is 77.0 Å². The van der Waals surface area contributed by atoms with Crippen LogP contribution in [-0.4, -0.2) is 12.8 Å². The first-order valence-electron chi connectivity index (χ1n) is 8.27. The summed E-state index contributed by atoms with van der Waals surface area (Å²) in [5, 5.41) is 0. The van der Waals surface area contributed by atoms with Gasteiger partial charge in [-0.25, -0.2) is 0 Å². The standard InChI is InChI=1S/C18H32NO/c19-17-15-13-11-9-7-5-3-1-2-4-6-8-10-12-14-16-18-20/h1-2,5,7H,3-4,6,8-17,19H2/b2-1-,7-5-. The van der Waals surface area contributed by atoms with E-state index in [-0.39, 0.29) is 0 Å². The molecule has 0 heterocycles. The predicted molar refractivity (Wildman–Crippen MR) is 88.4 cm³/mol. The van der Waals surface area contributed by atoms with E-state index in [2.05, 4.69) is 24.3 Å². The van der Waals surface area contributed by atoms with Crippen molar-refractivity contribution in [3.63, 3.8) is 0 Å².